The average Bonchev–Trinajstić information content (AvgIpc) is 3.49. The van der Waals surface area contributed by atoms with Gasteiger partial charge in [0.05, 0.1) is 12.1 Å². The zero-order chi connectivity index (χ0) is 25.6. The van der Waals surface area contributed by atoms with Crippen molar-refractivity contribution >= 4 is 62.3 Å². The fraction of sp³-hybridized carbons (Fsp3) is 0.259. The number of thiophene rings is 1. The van der Waals surface area contributed by atoms with Gasteiger partial charge in [0.25, 0.3) is 0 Å². The maximum atomic E-state index is 12.7. The number of benzene rings is 2. The van der Waals surface area contributed by atoms with Crippen LogP contribution in [0.2, 0.25) is 0 Å². The summed E-state index contributed by atoms with van der Waals surface area (Å²) in [6.07, 6.45) is 4.49. The van der Waals surface area contributed by atoms with Crippen molar-refractivity contribution in [2.45, 2.75) is 43.8 Å². The Bertz CT molecular complexity index is 1430. The highest BCUT2D eigenvalue weighted by molar-refractivity contribution is 14.1. The minimum atomic E-state index is -0.0889. The van der Waals surface area contributed by atoms with Gasteiger partial charge in [-0.3, -0.25) is 9.36 Å². The van der Waals surface area contributed by atoms with E-state index in [9.17, 15) is 10.1 Å². The Hall–Kier alpha value is -2.88. The maximum absolute atomic E-state index is 12.7. The van der Waals surface area contributed by atoms with Gasteiger partial charge >= 0.3 is 0 Å². The molecule has 0 atom stereocenters. The van der Waals surface area contributed by atoms with Crippen molar-refractivity contribution in [3.05, 3.63) is 80.0 Å². The van der Waals surface area contributed by atoms with Crippen molar-refractivity contribution in [3.8, 4) is 11.8 Å². The fourth-order valence-corrected chi connectivity index (χ4v) is 6.81. The van der Waals surface area contributed by atoms with Crippen LogP contribution in [0.5, 0.6) is 0 Å². The summed E-state index contributed by atoms with van der Waals surface area (Å²) < 4.78 is 3.21. The lowest BCUT2D eigenvalue weighted by Gasteiger charge is -2.11. The molecule has 7 nitrogen and oxygen atoms in total. The van der Waals surface area contributed by atoms with Crippen LogP contribution in [0.3, 0.4) is 0 Å². The number of thioether (sulfide) groups is 1. The molecule has 0 radical (unpaired) electrons. The molecule has 0 bridgehead atoms. The van der Waals surface area contributed by atoms with Gasteiger partial charge in [0.1, 0.15) is 11.1 Å². The van der Waals surface area contributed by atoms with Crippen LogP contribution in [0.1, 0.15) is 41.1 Å². The molecule has 0 saturated heterocycles. The fourth-order valence-electron chi connectivity index (χ4n) is 4.29. The largest absolute Gasteiger partial charge is 0.378 e. The number of carbonyl (C=O) groups is 1. The highest BCUT2D eigenvalue weighted by atomic mass is 127. The molecular weight excluding hydrogens is 615 g/mol. The number of hydrogen-bond acceptors (Lipinski definition) is 7. The number of aryl methyl sites for hydroxylation is 1. The third-order valence-electron chi connectivity index (χ3n) is 6.11. The van der Waals surface area contributed by atoms with Crippen LogP contribution in [0, 0.1) is 14.9 Å². The van der Waals surface area contributed by atoms with E-state index in [1.807, 2.05) is 47.0 Å². The lowest BCUT2D eigenvalue weighted by Crippen LogP contribution is -2.12. The third kappa shape index (κ3) is 6.17. The van der Waals surface area contributed by atoms with E-state index < -0.39 is 0 Å². The molecule has 0 spiro atoms. The van der Waals surface area contributed by atoms with Gasteiger partial charge in [-0.05, 0) is 90.2 Å². The molecular formula is C27H25IN6OS2. The van der Waals surface area contributed by atoms with Crippen LogP contribution in [0.4, 0.5) is 10.7 Å². The van der Waals surface area contributed by atoms with Crippen molar-refractivity contribution in [1.29, 1.82) is 5.26 Å². The Balaban J connectivity index is 1.25. The van der Waals surface area contributed by atoms with Gasteiger partial charge in [-0.2, -0.15) is 5.26 Å². The Morgan fingerprint density at radius 1 is 1.11 bits per heavy atom. The number of nitrogens with one attached hydrogen (secondary N) is 2. The molecule has 188 valence electrons. The molecule has 1 amide bonds. The van der Waals surface area contributed by atoms with Crippen molar-refractivity contribution in [3.63, 3.8) is 0 Å². The zero-order valence-electron chi connectivity index (χ0n) is 20.0. The number of aromatic nitrogens is 3. The quantitative estimate of drug-likeness (QED) is 0.162. The van der Waals surface area contributed by atoms with E-state index in [1.54, 1.807) is 11.3 Å². The van der Waals surface area contributed by atoms with Crippen molar-refractivity contribution in [1.82, 2.24) is 14.8 Å². The maximum Gasteiger partial charge on any atom is 0.225 e. The lowest BCUT2D eigenvalue weighted by molar-refractivity contribution is -0.115. The number of fused-ring (bicyclic) bond motifs is 1. The first kappa shape index (κ1) is 25.8. The summed E-state index contributed by atoms with van der Waals surface area (Å²) in [6.45, 7) is 0.517. The van der Waals surface area contributed by atoms with Gasteiger partial charge in [0, 0.05) is 32.0 Å². The number of carbonyl (C=O) groups excluding carboxylic acids is 1. The second-order valence-electron chi connectivity index (χ2n) is 8.60. The highest BCUT2D eigenvalue weighted by Crippen LogP contribution is 2.37. The van der Waals surface area contributed by atoms with E-state index in [4.69, 9.17) is 0 Å². The van der Waals surface area contributed by atoms with Crippen molar-refractivity contribution in [2.24, 2.45) is 0 Å². The Morgan fingerprint density at radius 2 is 1.89 bits per heavy atom. The van der Waals surface area contributed by atoms with Crippen molar-refractivity contribution in [2.75, 3.05) is 16.4 Å². The Kier molecular flexibility index (Phi) is 8.43. The second kappa shape index (κ2) is 12.1. The van der Waals surface area contributed by atoms with Crippen LogP contribution in [0.15, 0.2) is 59.8 Å². The first-order chi connectivity index (χ1) is 18.1. The molecule has 10 heteroatoms. The molecule has 0 fully saturated rings. The number of para-hydroxylation sites is 1. The van der Waals surface area contributed by atoms with E-state index in [0.717, 1.165) is 53.6 Å². The molecule has 2 N–H and O–H groups in total. The van der Waals surface area contributed by atoms with Gasteiger partial charge in [-0.15, -0.1) is 21.5 Å². The summed E-state index contributed by atoms with van der Waals surface area (Å²) in [5, 5.41) is 26.4. The van der Waals surface area contributed by atoms with Gasteiger partial charge in [0.2, 0.25) is 5.91 Å². The van der Waals surface area contributed by atoms with Gasteiger partial charge in [0.15, 0.2) is 11.0 Å². The van der Waals surface area contributed by atoms with Crippen molar-refractivity contribution < 1.29 is 4.79 Å². The van der Waals surface area contributed by atoms with Crippen LogP contribution in [0.25, 0.3) is 5.69 Å². The standard InChI is InChI=1S/C27H25IN6OS2/c28-18-10-12-19(13-11-18)30-17-24-32-33-27(34(24)20-6-2-1-3-7-20)36-15-14-25(35)31-26-22(16-29)21-8-4-5-9-23(21)37-26/h1-3,6-7,10-13,30H,4-5,8-9,14-15,17H2,(H,31,35). The molecule has 2 heterocycles. The summed E-state index contributed by atoms with van der Waals surface area (Å²) >= 11 is 5.35. The summed E-state index contributed by atoms with van der Waals surface area (Å²) in [4.78, 5) is 14.0. The molecule has 5 rings (SSSR count). The number of halogens is 1. The molecule has 0 aliphatic heterocycles. The minimum absolute atomic E-state index is 0.0889. The lowest BCUT2D eigenvalue weighted by atomic mass is 9.96. The topological polar surface area (TPSA) is 95.6 Å². The molecule has 0 saturated carbocycles. The smallest absolute Gasteiger partial charge is 0.225 e. The molecule has 4 aromatic rings. The SMILES string of the molecule is N#Cc1c(NC(=O)CCSc2nnc(CNc3ccc(I)cc3)n2-c2ccccc2)sc2c1CCCC2. The van der Waals surface area contributed by atoms with Crippen LogP contribution < -0.4 is 10.6 Å². The molecule has 1 aliphatic rings. The molecule has 1 aliphatic carbocycles. The second-order valence-corrected chi connectivity index (χ2v) is 12.0. The third-order valence-corrected chi connectivity index (χ3v) is 8.96. The van der Waals surface area contributed by atoms with Crippen LogP contribution in [-0.4, -0.2) is 26.4 Å². The minimum Gasteiger partial charge on any atom is -0.378 e. The van der Waals surface area contributed by atoms with Gasteiger partial charge in [-0.25, -0.2) is 0 Å². The van der Waals surface area contributed by atoms with E-state index in [2.05, 4.69) is 61.6 Å². The average molecular weight is 641 g/mol. The van der Waals surface area contributed by atoms with E-state index in [-0.39, 0.29) is 5.91 Å². The van der Waals surface area contributed by atoms with E-state index >= 15 is 0 Å². The normalized spacial score (nSPS) is 12.5. The molecule has 2 aromatic carbocycles. The number of anilines is 2. The van der Waals surface area contributed by atoms with E-state index in [1.165, 1.54) is 20.2 Å². The number of nitriles is 1. The molecule has 0 unspecified atom stereocenters. The highest BCUT2D eigenvalue weighted by Gasteiger charge is 2.22. The van der Waals surface area contributed by atoms with Crippen LogP contribution in [-0.2, 0) is 24.2 Å². The predicted molar refractivity (Wildman–Crippen MR) is 157 cm³/mol. The summed E-state index contributed by atoms with van der Waals surface area (Å²) in [5.41, 5.74) is 3.77. The number of amides is 1. The van der Waals surface area contributed by atoms with Gasteiger partial charge in [-0.1, -0.05) is 30.0 Å². The van der Waals surface area contributed by atoms with Gasteiger partial charge < -0.3 is 10.6 Å². The van der Waals surface area contributed by atoms with Crippen LogP contribution >= 0.6 is 45.7 Å². The summed E-state index contributed by atoms with van der Waals surface area (Å²) in [5.74, 6) is 1.25. The first-order valence-electron chi connectivity index (χ1n) is 12.1. The first-order valence-corrected chi connectivity index (χ1v) is 15.0. The number of nitrogens with zero attached hydrogens (tertiary/aromatic N) is 4. The predicted octanol–water partition coefficient (Wildman–Crippen LogP) is 6.42. The monoisotopic (exact) mass is 640 g/mol. The molecule has 37 heavy (non-hydrogen) atoms. The summed E-state index contributed by atoms with van der Waals surface area (Å²) in [7, 11) is 0. The number of hydrogen-bond donors (Lipinski definition) is 2. The Labute approximate surface area is 237 Å². The molecule has 2 aromatic heterocycles. The van der Waals surface area contributed by atoms with E-state index in [0.29, 0.717) is 29.3 Å². The number of rotatable bonds is 9. The Morgan fingerprint density at radius 3 is 2.68 bits per heavy atom. The zero-order valence-corrected chi connectivity index (χ0v) is 23.8. The summed E-state index contributed by atoms with van der Waals surface area (Å²) in [6, 6.07) is 20.5.